The molecule has 0 spiro atoms. The SMILES string of the molecule is O=C(NCC1(CO)CC1)c1ccccc1Cc1ccccc1. The summed E-state index contributed by atoms with van der Waals surface area (Å²) in [6.45, 7) is 0.709. The first kappa shape index (κ1) is 14.8. The Morgan fingerprint density at radius 3 is 2.41 bits per heavy atom. The monoisotopic (exact) mass is 295 g/mol. The summed E-state index contributed by atoms with van der Waals surface area (Å²) in [4.78, 5) is 12.5. The molecular weight excluding hydrogens is 274 g/mol. The first-order valence-corrected chi connectivity index (χ1v) is 7.73. The first-order chi connectivity index (χ1) is 10.7. The summed E-state index contributed by atoms with van der Waals surface area (Å²) < 4.78 is 0. The van der Waals surface area contributed by atoms with Crippen molar-refractivity contribution >= 4 is 5.91 Å². The zero-order valence-corrected chi connectivity index (χ0v) is 12.6. The fourth-order valence-corrected chi connectivity index (χ4v) is 2.64. The minimum Gasteiger partial charge on any atom is -0.396 e. The van der Waals surface area contributed by atoms with Gasteiger partial charge in [-0.3, -0.25) is 4.79 Å². The number of hydrogen-bond acceptors (Lipinski definition) is 2. The van der Waals surface area contributed by atoms with E-state index in [1.165, 1.54) is 5.56 Å². The molecule has 0 bridgehead atoms. The summed E-state index contributed by atoms with van der Waals surface area (Å²) in [6.07, 6.45) is 2.74. The minimum atomic E-state index is -0.0654. The molecule has 0 aromatic heterocycles. The van der Waals surface area contributed by atoms with Gasteiger partial charge in [-0.25, -0.2) is 0 Å². The van der Waals surface area contributed by atoms with E-state index in [0.717, 1.165) is 30.4 Å². The Bertz CT molecular complexity index is 647. The second kappa shape index (κ2) is 6.32. The summed E-state index contributed by atoms with van der Waals surface area (Å²) >= 11 is 0. The van der Waals surface area contributed by atoms with Gasteiger partial charge in [-0.1, -0.05) is 48.5 Å². The normalized spacial score (nSPS) is 15.3. The van der Waals surface area contributed by atoms with Gasteiger partial charge in [-0.15, -0.1) is 0 Å². The average Bonchev–Trinajstić information content (AvgIpc) is 3.35. The van der Waals surface area contributed by atoms with E-state index in [9.17, 15) is 9.90 Å². The van der Waals surface area contributed by atoms with Crippen LogP contribution in [-0.4, -0.2) is 24.2 Å². The van der Waals surface area contributed by atoms with E-state index in [1.54, 1.807) is 0 Å². The molecule has 1 fully saturated rings. The number of carbonyl (C=O) groups is 1. The lowest BCUT2D eigenvalue weighted by atomic mass is 9.99. The molecule has 2 N–H and O–H groups in total. The highest BCUT2D eigenvalue weighted by Gasteiger charge is 2.42. The molecule has 114 valence electrons. The zero-order valence-electron chi connectivity index (χ0n) is 12.6. The molecule has 0 radical (unpaired) electrons. The largest absolute Gasteiger partial charge is 0.396 e. The van der Waals surface area contributed by atoms with E-state index in [1.807, 2.05) is 42.5 Å². The number of aliphatic hydroxyl groups excluding tert-OH is 1. The van der Waals surface area contributed by atoms with Crippen molar-refractivity contribution in [2.75, 3.05) is 13.2 Å². The van der Waals surface area contributed by atoms with E-state index < -0.39 is 0 Å². The van der Waals surface area contributed by atoms with Crippen LogP contribution in [0.1, 0.15) is 34.3 Å². The third-order valence-electron chi connectivity index (χ3n) is 4.42. The number of hydrogen-bond donors (Lipinski definition) is 2. The lowest BCUT2D eigenvalue weighted by Gasteiger charge is -2.14. The molecule has 1 saturated carbocycles. The molecule has 3 nitrogen and oxygen atoms in total. The Balaban J connectivity index is 1.71. The minimum absolute atomic E-state index is 0.0498. The van der Waals surface area contributed by atoms with Crippen molar-refractivity contribution in [3.63, 3.8) is 0 Å². The maximum atomic E-state index is 12.5. The number of amides is 1. The fourth-order valence-electron chi connectivity index (χ4n) is 2.64. The summed E-state index contributed by atoms with van der Waals surface area (Å²) in [7, 11) is 0. The van der Waals surface area contributed by atoms with E-state index in [4.69, 9.17) is 0 Å². The van der Waals surface area contributed by atoms with Gasteiger partial charge in [0.05, 0.1) is 6.61 Å². The molecule has 0 atom stereocenters. The summed E-state index contributed by atoms with van der Waals surface area (Å²) in [5, 5.41) is 12.3. The predicted molar refractivity (Wildman–Crippen MR) is 86.8 cm³/mol. The zero-order chi connectivity index (χ0) is 15.4. The van der Waals surface area contributed by atoms with Gasteiger partial charge in [0.2, 0.25) is 0 Å². The Hall–Kier alpha value is -2.13. The van der Waals surface area contributed by atoms with Crippen molar-refractivity contribution in [3.05, 3.63) is 71.3 Å². The van der Waals surface area contributed by atoms with E-state index in [2.05, 4.69) is 17.4 Å². The van der Waals surface area contributed by atoms with Gasteiger partial charge < -0.3 is 10.4 Å². The summed E-state index contributed by atoms with van der Waals surface area (Å²) in [5.74, 6) is -0.0498. The Kier molecular flexibility index (Phi) is 4.25. The van der Waals surface area contributed by atoms with Crippen LogP contribution >= 0.6 is 0 Å². The van der Waals surface area contributed by atoms with E-state index in [-0.39, 0.29) is 17.9 Å². The van der Waals surface area contributed by atoms with Crippen molar-refractivity contribution < 1.29 is 9.90 Å². The maximum absolute atomic E-state index is 12.5. The average molecular weight is 295 g/mol. The quantitative estimate of drug-likeness (QED) is 0.861. The second-order valence-electron chi connectivity index (χ2n) is 6.16. The van der Waals surface area contributed by atoms with Crippen molar-refractivity contribution in [3.8, 4) is 0 Å². The van der Waals surface area contributed by atoms with Crippen LogP contribution in [0.25, 0.3) is 0 Å². The van der Waals surface area contributed by atoms with Crippen LogP contribution < -0.4 is 5.32 Å². The van der Waals surface area contributed by atoms with Crippen LogP contribution in [0.2, 0.25) is 0 Å². The molecular formula is C19H21NO2. The molecule has 1 amide bonds. The van der Waals surface area contributed by atoms with Crippen LogP contribution in [0.4, 0.5) is 0 Å². The lowest BCUT2D eigenvalue weighted by Crippen LogP contribution is -2.32. The van der Waals surface area contributed by atoms with Crippen LogP contribution in [0.15, 0.2) is 54.6 Å². The van der Waals surface area contributed by atoms with Crippen LogP contribution in [0.3, 0.4) is 0 Å². The van der Waals surface area contributed by atoms with Gasteiger partial charge in [0.1, 0.15) is 0 Å². The topological polar surface area (TPSA) is 49.3 Å². The highest BCUT2D eigenvalue weighted by Crippen LogP contribution is 2.44. The Morgan fingerprint density at radius 1 is 1.05 bits per heavy atom. The standard InChI is InChI=1S/C19H21NO2/c21-14-19(10-11-19)13-20-18(22)17-9-5-4-8-16(17)12-15-6-2-1-3-7-15/h1-9,21H,10-14H2,(H,20,22). The molecule has 2 aromatic carbocycles. The molecule has 0 aliphatic heterocycles. The highest BCUT2D eigenvalue weighted by atomic mass is 16.3. The number of carbonyl (C=O) groups excluding carboxylic acids is 1. The lowest BCUT2D eigenvalue weighted by molar-refractivity contribution is 0.0934. The molecule has 1 aliphatic rings. The molecule has 3 rings (SSSR count). The summed E-state index contributed by atoms with van der Waals surface area (Å²) in [6, 6.07) is 17.9. The van der Waals surface area contributed by atoms with Crippen LogP contribution in [0.5, 0.6) is 0 Å². The van der Waals surface area contributed by atoms with Crippen molar-refractivity contribution in [1.82, 2.24) is 5.32 Å². The van der Waals surface area contributed by atoms with Crippen LogP contribution in [0, 0.1) is 5.41 Å². The molecule has 22 heavy (non-hydrogen) atoms. The molecule has 0 heterocycles. The van der Waals surface area contributed by atoms with E-state index in [0.29, 0.717) is 6.54 Å². The van der Waals surface area contributed by atoms with Crippen molar-refractivity contribution in [2.24, 2.45) is 5.41 Å². The Morgan fingerprint density at radius 2 is 1.73 bits per heavy atom. The summed E-state index contributed by atoms with van der Waals surface area (Å²) in [5.41, 5.74) is 2.88. The molecule has 1 aliphatic carbocycles. The molecule has 2 aromatic rings. The second-order valence-corrected chi connectivity index (χ2v) is 6.16. The third-order valence-corrected chi connectivity index (χ3v) is 4.42. The number of nitrogens with one attached hydrogen (secondary N) is 1. The molecule has 3 heteroatoms. The number of rotatable bonds is 6. The van der Waals surface area contributed by atoms with Gasteiger partial charge in [-0.2, -0.15) is 0 Å². The van der Waals surface area contributed by atoms with Gasteiger partial charge in [-0.05, 0) is 36.5 Å². The number of benzene rings is 2. The number of aliphatic hydroxyl groups is 1. The molecule has 0 saturated heterocycles. The predicted octanol–water partition coefficient (Wildman–Crippen LogP) is 2.78. The fraction of sp³-hybridized carbons (Fsp3) is 0.316. The molecule has 0 unspecified atom stereocenters. The Labute approximate surface area is 131 Å². The van der Waals surface area contributed by atoms with Crippen LogP contribution in [-0.2, 0) is 6.42 Å². The van der Waals surface area contributed by atoms with Crippen molar-refractivity contribution in [2.45, 2.75) is 19.3 Å². The van der Waals surface area contributed by atoms with Gasteiger partial charge in [0.25, 0.3) is 5.91 Å². The smallest absolute Gasteiger partial charge is 0.251 e. The maximum Gasteiger partial charge on any atom is 0.251 e. The highest BCUT2D eigenvalue weighted by molar-refractivity contribution is 5.95. The van der Waals surface area contributed by atoms with Gasteiger partial charge in [0.15, 0.2) is 0 Å². The van der Waals surface area contributed by atoms with Crippen molar-refractivity contribution in [1.29, 1.82) is 0 Å². The van der Waals surface area contributed by atoms with Gasteiger partial charge in [0, 0.05) is 17.5 Å². The first-order valence-electron chi connectivity index (χ1n) is 7.73. The third kappa shape index (κ3) is 3.37. The van der Waals surface area contributed by atoms with Gasteiger partial charge >= 0.3 is 0 Å². The van der Waals surface area contributed by atoms with E-state index >= 15 is 0 Å².